The molecule has 0 unspecified atom stereocenters. The number of hydrogen-bond acceptors (Lipinski definition) is 2. The Morgan fingerprint density at radius 2 is 1.74 bits per heavy atom. The number of ether oxygens (including phenoxy) is 1. The predicted octanol–water partition coefficient (Wildman–Crippen LogP) is 5.14. The molecular formula is C24H24FNO. The van der Waals surface area contributed by atoms with Crippen LogP contribution in [0.5, 0.6) is 5.75 Å². The molecule has 0 radical (unpaired) electrons. The second-order valence-corrected chi connectivity index (χ2v) is 7.29. The van der Waals surface area contributed by atoms with E-state index in [1.54, 1.807) is 12.1 Å². The van der Waals surface area contributed by atoms with Crippen molar-refractivity contribution in [2.24, 2.45) is 0 Å². The summed E-state index contributed by atoms with van der Waals surface area (Å²) in [5.41, 5.74) is 4.80. The van der Waals surface area contributed by atoms with E-state index in [0.29, 0.717) is 6.61 Å². The third kappa shape index (κ3) is 4.37. The number of rotatable bonds is 5. The molecule has 0 N–H and O–H groups in total. The summed E-state index contributed by atoms with van der Waals surface area (Å²) in [5, 5.41) is 0. The lowest BCUT2D eigenvalue weighted by atomic mass is 9.93. The highest BCUT2D eigenvalue weighted by molar-refractivity contribution is 5.32. The van der Waals surface area contributed by atoms with Crippen LogP contribution in [0.15, 0.2) is 72.8 Å². The van der Waals surface area contributed by atoms with E-state index < -0.39 is 0 Å². The first-order chi connectivity index (χ1) is 13.2. The molecule has 0 aromatic heterocycles. The number of nitrogens with zero attached hydrogens (tertiary/aromatic N) is 1. The third-order valence-corrected chi connectivity index (χ3v) is 5.21. The van der Waals surface area contributed by atoms with Crippen LogP contribution in [0, 0.1) is 12.7 Å². The minimum Gasteiger partial charge on any atom is -0.492 e. The highest BCUT2D eigenvalue weighted by atomic mass is 19.1. The van der Waals surface area contributed by atoms with Crippen molar-refractivity contribution in [2.75, 3.05) is 6.61 Å². The molecule has 0 spiro atoms. The van der Waals surface area contributed by atoms with Crippen LogP contribution in [0.1, 0.15) is 22.3 Å². The Balaban J connectivity index is 1.53. The lowest BCUT2D eigenvalue weighted by molar-refractivity contribution is 0.109. The average molecular weight is 361 g/mol. The van der Waals surface area contributed by atoms with Crippen molar-refractivity contribution in [3.8, 4) is 5.75 Å². The molecule has 0 saturated heterocycles. The number of halogens is 1. The van der Waals surface area contributed by atoms with Crippen molar-refractivity contribution in [3.63, 3.8) is 0 Å². The summed E-state index contributed by atoms with van der Waals surface area (Å²) in [6, 6.07) is 24.0. The molecule has 1 aliphatic rings. The molecule has 0 aliphatic carbocycles. The molecule has 1 aliphatic heterocycles. The molecule has 2 nitrogen and oxygen atoms in total. The predicted molar refractivity (Wildman–Crippen MR) is 106 cm³/mol. The second kappa shape index (κ2) is 7.93. The van der Waals surface area contributed by atoms with Gasteiger partial charge < -0.3 is 4.74 Å². The van der Waals surface area contributed by atoms with Gasteiger partial charge in [-0.25, -0.2) is 4.39 Å². The zero-order valence-electron chi connectivity index (χ0n) is 15.6. The average Bonchev–Trinajstić information content (AvgIpc) is 2.68. The van der Waals surface area contributed by atoms with Crippen molar-refractivity contribution in [1.82, 2.24) is 4.90 Å². The maximum Gasteiger partial charge on any atom is 0.123 e. The van der Waals surface area contributed by atoms with Crippen molar-refractivity contribution < 1.29 is 9.13 Å². The normalized spacial score (nSPS) is 16.7. The van der Waals surface area contributed by atoms with Crippen LogP contribution in [0.3, 0.4) is 0 Å². The Hall–Kier alpha value is -2.65. The van der Waals surface area contributed by atoms with E-state index in [1.807, 2.05) is 24.3 Å². The lowest BCUT2D eigenvalue weighted by Gasteiger charge is -2.37. The Morgan fingerprint density at radius 3 is 2.52 bits per heavy atom. The summed E-state index contributed by atoms with van der Waals surface area (Å²) in [6.45, 7) is 4.33. The van der Waals surface area contributed by atoms with E-state index in [-0.39, 0.29) is 11.9 Å². The first-order valence-electron chi connectivity index (χ1n) is 9.42. The molecule has 0 saturated carbocycles. The maximum atomic E-state index is 13.7. The van der Waals surface area contributed by atoms with Crippen LogP contribution >= 0.6 is 0 Å². The van der Waals surface area contributed by atoms with Crippen molar-refractivity contribution in [2.45, 2.75) is 32.5 Å². The van der Waals surface area contributed by atoms with Gasteiger partial charge in [0.15, 0.2) is 0 Å². The van der Waals surface area contributed by atoms with Gasteiger partial charge in [0.1, 0.15) is 18.2 Å². The molecule has 3 aromatic rings. The minimum absolute atomic E-state index is 0.163. The van der Waals surface area contributed by atoms with Gasteiger partial charge >= 0.3 is 0 Å². The summed E-state index contributed by atoms with van der Waals surface area (Å²) in [6.07, 6.45) is 0.797. The van der Waals surface area contributed by atoms with Gasteiger partial charge in [-0.05, 0) is 54.3 Å². The Morgan fingerprint density at radius 1 is 0.963 bits per heavy atom. The van der Waals surface area contributed by atoms with Crippen LogP contribution in [0.4, 0.5) is 4.39 Å². The first kappa shape index (κ1) is 17.7. The van der Waals surface area contributed by atoms with E-state index in [1.165, 1.54) is 16.7 Å². The monoisotopic (exact) mass is 361 g/mol. The van der Waals surface area contributed by atoms with E-state index in [4.69, 9.17) is 4.74 Å². The third-order valence-electron chi connectivity index (χ3n) is 5.21. The fourth-order valence-electron chi connectivity index (χ4n) is 3.66. The molecule has 27 heavy (non-hydrogen) atoms. The zero-order valence-corrected chi connectivity index (χ0v) is 15.6. The fraction of sp³-hybridized carbons (Fsp3) is 0.250. The molecule has 3 heteroatoms. The van der Waals surface area contributed by atoms with Crippen LogP contribution in [0.2, 0.25) is 0 Å². The number of aryl methyl sites for hydroxylation is 1. The molecular weight excluding hydrogens is 337 g/mol. The molecule has 1 atom stereocenters. The lowest BCUT2D eigenvalue weighted by Crippen LogP contribution is -2.43. The zero-order chi connectivity index (χ0) is 18.6. The van der Waals surface area contributed by atoms with E-state index in [9.17, 15) is 4.39 Å². The molecule has 4 rings (SSSR count). The molecule has 0 fully saturated rings. The topological polar surface area (TPSA) is 12.5 Å². The molecule has 0 bridgehead atoms. The van der Waals surface area contributed by atoms with E-state index >= 15 is 0 Å². The van der Waals surface area contributed by atoms with E-state index in [2.05, 4.69) is 48.2 Å². The summed E-state index contributed by atoms with van der Waals surface area (Å²) in [4.78, 5) is 2.43. The molecule has 1 heterocycles. The minimum atomic E-state index is -0.163. The highest BCUT2D eigenvalue weighted by Crippen LogP contribution is 2.26. The maximum absolute atomic E-state index is 13.7. The van der Waals surface area contributed by atoms with Gasteiger partial charge in [0.05, 0.1) is 0 Å². The Bertz CT molecular complexity index is 892. The first-order valence-corrected chi connectivity index (χ1v) is 9.42. The van der Waals surface area contributed by atoms with Crippen molar-refractivity contribution >= 4 is 0 Å². The number of hydrogen-bond donors (Lipinski definition) is 0. The Kier molecular flexibility index (Phi) is 5.21. The highest BCUT2D eigenvalue weighted by Gasteiger charge is 2.27. The summed E-state index contributed by atoms with van der Waals surface area (Å²) in [5.74, 6) is 0.716. The van der Waals surface area contributed by atoms with Crippen molar-refractivity contribution in [1.29, 1.82) is 0 Å². The summed E-state index contributed by atoms with van der Waals surface area (Å²) in [7, 11) is 0. The van der Waals surface area contributed by atoms with Gasteiger partial charge in [-0.3, -0.25) is 4.90 Å². The van der Waals surface area contributed by atoms with Gasteiger partial charge in [0, 0.05) is 19.1 Å². The largest absolute Gasteiger partial charge is 0.492 e. The van der Waals surface area contributed by atoms with E-state index in [0.717, 1.165) is 30.8 Å². The second-order valence-electron chi connectivity index (χ2n) is 7.29. The smallest absolute Gasteiger partial charge is 0.123 e. The van der Waals surface area contributed by atoms with Gasteiger partial charge in [-0.2, -0.15) is 0 Å². The number of benzene rings is 3. The standard InChI is InChI=1S/C24H24FNO/c1-18-7-11-24(12-8-18)27-17-23-14-21-13-22(25)10-9-20(21)16-26(23)15-19-5-3-2-4-6-19/h2-13,23H,14-17H2,1H3/t23-/m0/s1. The molecule has 138 valence electrons. The van der Waals surface area contributed by atoms with Crippen LogP contribution < -0.4 is 4.74 Å². The summed E-state index contributed by atoms with van der Waals surface area (Å²) < 4.78 is 19.8. The van der Waals surface area contributed by atoms with Gasteiger partial charge in [0.25, 0.3) is 0 Å². The Labute approximate surface area is 160 Å². The quantitative estimate of drug-likeness (QED) is 0.624. The molecule has 3 aromatic carbocycles. The summed E-state index contributed by atoms with van der Waals surface area (Å²) >= 11 is 0. The van der Waals surface area contributed by atoms with Gasteiger partial charge in [-0.15, -0.1) is 0 Å². The molecule has 0 amide bonds. The van der Waals surface area contributed by atoms with Crippen molar-refractivity contribution in [3.05, 3.63) is 101 Å². The number of fused-ring (bicyclic) bond motifs is 1. The SMILES string of the molecule is Cc1ccc(OC[C@@H]2Cc3cc(F)ccc3CN2Cc2ccccc2)cc1. The van der Waals surface area contributed by atoms with Crippen LogP contribution in [-0.4, -0.2) is 17.5 Å². The van der Waals surface area contributed by atoms with Gasteiger partial charge in [0.2, 0.25) is 0 Å². The van der Waals surface area contributed by atoms with Gasteiger partial charge in [-0.1, -0.05) is 54.1 Å². The van der Waals surface area contributed by atoms with Crippen LogP contribution in [0.25, 0.3) is 0 Å². The van der Waals surface area contributed by atoms with Crippen LogP contribution in [-0.2, 0) is 19.5 Å². The fourth-order valence-corrected chi connectivity index (χ4v) is 3.66.